The normalized spacial score (nSPS) is 17.1. The highest BCUT2D eigenvalue weighted by Gasteiger charge is 2.32. The lowest BCUT2D eigenvalue weighted by Crippen LogP contribution is -2.56. The Kier molecular flexibility index (Phi) is 7.22. The fourth-order valence-corrected chi connectivity index (χ4v) is 4.14. The number of ether oxygens (including phenoxy) is 1. The number of morpholine rings is 1. The molecule has 3 rings (SSSR count). The maximum atomic E-state index is 12.9. The first-order valence-corrected chi connectivity index (χ1v) is 10.7. The molecule has 1 aliphatic heterocycles. The largest absolute Gasteiger partial charge is 0.379 e. The predicted molar refractivity (Wildman–Crippen MR) is 116 cm³/mol. The first-order chi connectivity index (χ1) is 13.9. The van der Waals surface area contributed by atoms with Gasteiger partial charge in [-0.05, 0) is 31.9 Å². The van der Waals surface area contributed by atoms with Gasteiger partial charge < -0.3 is 10.1 Å². The van der Waals surface area contributed by atoms with E-state index in [1.54, 1.807) is 11.6 Å². The van der Waals surface area contributed by atoms with Crippen LogP contribution in [0.25, 0.3) is 0 Å². The van der Waals surface area contributed by atoms with Crippen LogP contribution in [0, 0.1) is 6.92 Å². The summed E-state index contributed by atoms with van der Waals surface area (Å²) in [4.78, 5) is 15.3. The lowest BCUT2D eigenvalue weighted by atomic mass is 9.95. The van der Waals surface area contributed by atoms with E-state index in [1.807, 2.05) is 24.3 Å². The van der Waals surface area contributed by atoms with E-state index in [2.05, 4.69) is 29.2 Å². The van der Waals surface area contributed by atoms with Crippen LogP contribution in [-0.4, -0.2) is 59.0 Å². The number of amides is 1. The molecule has 1 aromatic carbocycles. The summed E-state index contributed by atoms with van der Waals surface area (Å²) in [6.45, 7) is 10.2. The molecule has 29 heavy (non-hydrogen) atoms. The van der Waals surface area contributed by atoms with Crippen molar-refractivity contribution < 1.29 is 9.53 Å². The number of nitrogens with one attached hydrogen (secondary N) is 1. The Balaban J connectivity index is 1.72. The molecule has 1 aromatic heterocycles. The summed E-state index contributed by atoms with van der Waals surface area (Å²) >= 11 is 12.8. The highest BCUT2D eigenvalue weighted by atomic mass is 35.5. The Morgan fingerprint density at radius 1 is 1.28 bits per heavy atom. The third-order valence-corrected chi connectivity index (χ3v) is 6.49. The minimum Gasteiger partial charge on any atom is -0.379 e. The molecule has 1 atom stereocenters. The second kappa shape index (κ2) is 9.47. The molecule has 1 aliphatic rings. The molecule has 0 bridgehead atoms. The van der Waals surface area contributed by atoms with Crippen molar-refractivity contribution in [2.24, 2.45) is 0 Å². The van der Waals surface area contributed by atoms with Gasteiger partial charge in [0, 0.05) is 30.2 Å². The third-order valence-electron chi connectivity index (χ3n) is 5.74. The van der Waals surface area contributed by atoms with Crippen molar-refractivity contribution in [2.75, 3.05) is 32.8 Å². The summed E-state index contributed by atoms with van der Waals surface area (Å²) in [5.74, 6) is -0.203. The third kappa shape index (κ3) is 4.94. The molecule has 0 radical (unpaired) electrons. The zero-order valence-electron chi connectivity index (χ0n) is 17.2. The van der Waals surface area contributed by atoms with E-state index in [1.165, 1.54) is 0 Å². The lowest BCUT2D eigenvalue weighted by molar-refractivity contribution is -0.0169. The van der Waals surface area contributed by atoms with E-state index in [0.717, 1.165) is 38.3 Å². The van der Waals surface area contributed by atoms with Gasteiger partial charge in [-0.2, -0.15) is 5.10 Å². The number of halogens is 2. The number of carbonyl (C=O) groups excluding carboxylic acids is 1. The molecule has 158 valence electrons. The molecule has 1 saturated heterocycles. The zero-order chi connectivity index (χ0) is 21.0. The molecule has 6 nitrogen and oxygen atoms in total. The average Bonchev–Trinajstić information content (AvgIpc) is 3.01. The van der Waals surface area contributed by atoms with Gasteiger partial charge in [-0.25, -0.2) is 4.68 Å². The first kappa shape index (κ1) is 22.1. The highest BCUT2D eigenvalue weighted by molar-refractivity contribution is 6.33. The number of hydrogen-bond acceptors (Lipinski definition) is 4. The van der Waals surface area contributed by atoms with Crippen molar-refractivity contribution in [2.45, 2.75) is 39.3 Å². The topological polar surface area (TPSA) is 59.4 Å². The van der Waals surface area contributed by atoms with Gasteiger partial charge in [0.1, 0.15) is 5.15 Å². The minimum atomic E-state index is -0.203. The van der Waals surface area contributed by atoms with Crippen LogP contribution in [0.15, 0.2) is 24.3 Å². The molecule has 0 saturated carbocycles. The van der Waals surface area contributed by atoms with Crippen LogP contribution in [0.4, 0.5) is 0 Å². The molecular formula is C21H28Cl2N4O2. The van der Waals surface area contributed by atoms with E-state index in [4.69, 9.17) is 27.9 Å². The van der Waals surface area contributed by atoms with Crippen LogP contribution in [0.2, 0.25) is 10.2 Å². The second-order valence-electron chi connectivity index (χ2n) is 7.63. The number of aromatic nitrogens is 2. The van der Waals surface area contributed by atoms with Gasteiger partial charge in [0.15, 0.2) is 0 Å². The second-order valence-corrected chi connectivity index (χ2v) is 8.40. The monoisotopic (exact) mass is 438 g/mol. The number of benzene rings is 1. The quantitative estimate of drug-likeness (QED) is 0.714. The van der Waals surface area contributed by atoms with Gasteiger partial charge in [0.2, 0.25) is 0 Å². The van der Waals surface area contributed by atoms with Gasteiger partial charge in [0.05, 0.1) is 31.0 Å². The number of hydrogen-bond donors (Lipinski definition) is 1. The Morgan fingerprint density at radius 3 is 2.62 bits per heavy atom. The molecule has 2 aromatic rings. The van der Waals surface area contributed by atoms with Crippen LogP contribution in [0.3, 0.4) is 0 Å². The fraction of sp³-hybridized carbons (Fsp3) is 0.524. The molecular weight excluding hydrogens is 411 g/mol. The highest BCUT2D eigenvalue weighted by Crippen LogP contribution is 2.24. The molecule has 1 amide bonds. The molecule has 1 fully saturated rings. The average molecular weight is 439 g/mol. The Labute approximate surface area is 182 Å². The Hall–Kier alpha value is -1.60. The van der Waals surface area contributed by atoms with E-state index in [-0.39, 0.29) is 11.4 Å². The van der Waals surface area contributed by atoms with Crippen LogP contribution in [0.1, 0.15) is 41.9 Å². The van der Waals surface area contributed by atoms with Gasteiger partial charge in [0.25, 0.3) is 5.91 Å². The molecule has 0 spiro atoms. The van der Waals surface area contributed by atoms with Crippen LogP contribution >= 0.6 is 23.2 Å². The number of carbonyl (C=O) groups is 1. The summed E-state index contributed by atoms with van der Waals surface area (Å²) in [6, 6.07) is 7.53. The van der Waals surface area contributed by atoms with Crippen LogP contribution in [0.5, 0.6) is 0 Å². The minimum absolute atomic E-state index is 0.132. The number of aryl methyl sites for hydroxylation is 1. The van der Waals surface area contributed by atoms with E-state index in [9.17, 15) is 4.79 Å². The summed E-state index contributed by atoms with van der Waals surface area (Å²) in [5.41, 5.74) is 1.78. The standard InChI is InChI=1S/C21H28Cl2N4O2/c1-4-21(3,26-9-11-29-12-10-26)14-24-20(28)18-15(2)25-27(19(18)23)13-16-7-5-6-8-17(16)22/h5-8H,4,9-14H2,1-3H3,(H,24,28)/t21-/m0/s1. The maximum absolute atomic E-state index is 12.9. The van der Waals surface area contributed by atoms with Crippen molar-refractivity contribution >= 4 is 29.1 Å². The van der Waals surface area contributed by atoms with Gasteiger partial charge in [-0.3, -0.25) is 9.69 Å². The van der Waals surface area contributed by atoms with Crippen molar-refractivity contribution in [3.63, 3.8) is 0 Å². The summed E-state index contributed by atoms with van der Waals surface area (Å²) < 4.78 is 7.08. The van der Waals surface area contributed by atoms with Crippen molar-refractivity contribution in [1.29, 1.82) is 0 Å². The molecule has 2 heterocycles. The Bertz CT molecular complexity index is 864. The van der Waals surface area contributed by atoms with E-state index < -0.39 is 0 Å². The molecule has 0 aliphatic carbocycles. The van der Waals surface area contributed by atoms with Crippen molar-refractivity contribution in [3.05, 3.63) is 51.3 Å². The maximum Gasteiger partial charge on any atom is 0.256 e. The van der Waals surface area contributed by atoms with E-state index >= 15 is 0 Å². The SMILES string of the molecule is CC[C@@](C)(CNC(=O)c1c(C)nn(Cc2ccccc2Cl)c1Cl)N1CCOCC1. The molecule has 8 heteroatoms. The summed E-state index contributed by atoms with van der Waals surface area (Å²) in [6.07, 6.45) is 0.922. The predicted octanol–water partition coefficient (Wildman–Crippen LogP) is 3.78. The van der Waals surface area contributed by atoms with E-state index in [0.29, 0.717) is 34.5 Å². The molecule has 1 N–H and O–H groups in total. The van der Waals surface area contributed by atoms with Crippen molar-refractivity contribution in [3.8, 4) is 0 Å². The summed E-state index contributed by atoms with van der Waals surface area (Å²) in [5, 5.41) is 8.50. The van der Waals surface area contributed by atoms with Crippen molar-refractivity contribution in [1.82, 2.24) is 20.0 Å². The van der Waals surface area contributed by atoms with Crippen LogP contribution < -0.4 is 5.32 Å². The Morgan fingerprint density at radius 2 is 1.97 bits per heavy atom. The van der Waals surface area contributed by atoms with Gasteiger partial charge >= 0.3 is 0 Å². The number of rotatable bonds is 7. The smallest absolute Gasteiger partial charge is 0.256 e. The summed E-state index contributed by atoms with van der Waals surface area (Å²) in [7, 11) is 0. The van der Waals surface area contributed by atoms with Gasteiger partial charge in [-0.15, -0.1) is 0 Å². The number of nitrogens with zero attached hydrogens (tertiary/aromatic N) is 3. The fourth-order valence-electron chi connectivity index (χ4n) is 3.63. The zero-order valence-corrected chi connectivity index (χ0v) is 18.7. The van der Waals surface area contributed by atoms with Crippen LogP contribution in [-0.2, 0) is 11.3 Å². The first-order valence-electron chi connectivity index (χ1n) is 9.93. The molecule has 0 unspecified atom stereocenters. The van der Waals surface area contributed by atoms with Gasteiger partial charge in [-0.1, -0.05) is 48.3 Å². The lowest BCUT2D eigenvalue weighted by Gasteiger charge is -2.43.